The lowest BCUT2D eigenvalue weighted by atomic mass is 10.0. The highest BCUT2D eigenvalue weighted by Crippen LogP contribution is 2.27. The Morgan fingerprint density at radius 1 is 1.33 bits per heavy atom. The number of carbonyl (C=O) groups is 1. The summed E-state index contributed by atoms with van der Waals surface area (Å²) in [6, 6.07) is 1.94. The number of rotatable bonds is 7. The van der Waals surface area contributed by atoms with E-state index in [1.165, 1.54) is 25.7 Å². The summed E-state index contributed by atoms with van der Waals surface area (Å²) in [5, 5.41) is 14.1. The van der Waals surface area contributed by atoms with Gasteiger partial charge in [0.05, 0.1) is 11.9 Å². The van der Waals surface area contributed by atoms with Crippen molar-refractivity contribution in [1.29, 1.82) is 0 Å². The van der Waals surface area contributed by atoms with Gasteiger partial charge in [0.25, 0.3) is 0 Å². The summed E-state index contributed by atoms with van der Waals surface area (Å²) in [4.78, 5) is 13.8. The maximum atomic E-state index is 11.8. The third-order valence-electron chi connectivity index (χ3n) is 3.86. The number of hydrogen-bond donors (Lipinski definition) is 2. The minimum atomic E-state index is 0.164. The van der Waals surface area contributed by atoms with Crippen LogP contribution < -0.4 is 15.5 Å². The Kier molecular flexibility index (Phi) is 5.78. The number of amides is 1. The van der Waals surface area contributed by atoms with Gasteiger partial charge in [-0.25, -0.2) is 0 Å². The van der Waals surface area contributed by atoms with Crippen LogP contribution in [-0.4, -0.2) is 43.3 Å². The summed E-state index contributed by atoms with van der Waals surface area (Å²) in [6.45, 7) is 1.27. The summed E-state index contributed by atoms with van der Waals surface area (Å²) in [5.41, 5.74) is 0.998. The first-order chi connectivity index (χ1) is 10.1. The molecule has 1 aromatic heterocycles. The van der Waals surface area contributed by atoms with E-state index in [0.29, 0.717) is 25.4 Å². The highest BCUT2D eigenvalue weighted by Gasteiger charge is 2.17. The molecule has 0 atom stereocenters. The van der Waals surface area contributed by atoms with Gasteiger partial charge in [0.1, 0.15) is 0 Å². The first-order valence-electron chi connectivity index (χ1n) is 7.66. The average molecular weight is 291 g/mol. The maximum absolute atomic E-state index is 11.8. The molecule has 0 saturated heterocycles. The van der Waals surface area contributed by atoms with Crippen LogP contribution in [-0.2, 0) is 4.79 Å². The van der Waals surface area contributed by atoms with Crippen LogP contribution in [0.25, 0.3) is 0 Å². The van der Waals surface area contributed by atoms with E-state index in [9.17, 15) is 4.79 Å². The average Bonchev–Trinajstić information content (AvgIpc) is 2.97. The van der Waals surface area contributed by atoms with Gasteiger partial charge in [-0.15, -0.1) is 5.10 Å². The number of anilines is 2. The molecule has 0 radical (unpaired) electrons. The molecule has 116 valence electrons. The van der Waals surface area contributed by atoms with E-state index in [0.717, 1.165) is 11.5 Å². The molecule has 0 aliphatic heterocycles. The summed E-state index contributed by atoms with van der Waals surface area (Å²) in [7, 11) is 3.92. The Hall–Kier alpha value is -1.85. The third-order valence-corrected chi connectivity index (χ3v) is 3.86. The Bertz CT molecular complexity index is 457. The number of nitrogens with zero attached hydrogens (tertiary/aromatic N) is 3. The number of aromatic nitrogens is 2. The largest absolute Gasteiger partial charge is 0.376 e. The minimum Gasteiger partial charge on any atom is -0.376 e. The molecule has 0 aromatic carbocycles. The molecule has 21 heavy (non-hydrogen) atoms. The Balaban J connectivity index is 1.64. The van der Waals surface area contributed by atoms with E-state index < -0.39 is 0 Å². The van der Waals surface area contributed by atoms with Crippen LogP contribution in [0.1, 0.15) is 32.1 Å². The monoisotopic (exact) mass is 291 g/mol. The lowest BCUT2D eigenvalue weighted by Gasteiger charge is -2.13. The lowest BCUT2D eigenvalue weighted by Crippen LogP contribution is -2.30. The fourth-order valence-electron chi connectivity index (χ4n) is 2.63. The zero-order chi connectivity index (χ0) is 15.1. The van der Waals surface area contributed by atoms with Crippen molar-refractivity contribution in [3.05, 3.63) is 12.3 Å². The van der Waals surface area contributed by atoms with Gasteiger partial charge < -0.3 is 15.5 Å². The van der Waals surface area contributed by atoms with Gasteiger partial charge in [-0.1, -0.05) is 12.8 Å². The predicted molar refractivity (Wildman–Crippen MR) is 84.4 cm³/mol. The molecule has 1 saturated carbocycles. The summed E-state index contributed by atoms with van der Waals surface area (Å²) in [5.74, 6) is 1.49. The number of nitrogens with one attached hydrogen (secondary N) is 2. The molecular formula is C15H25N5O. The molecule has 1 aromatic rings. The van der Waals surface area contributed by atoms with E-state index in [2.05, 4.69) is 20.8 Å². The fourth-order valence-corrected chi connectivity index (χ4v) is 2.63. The second kappa shape index (κ2) is 7.81. The normalized spacial score (nSPS) is 15.0. The van der Waals surface area contributed by atoms with E-state index in [1.807, 2.05) is 25.1 Å². The summed E-state index contributed by atoms with van der Waals surface area (Å²) < 4.78 is 0. The van der Waals surface area contributed by atoms with Crippen LogP contribution in [0.2, 0.25) is 0 Å². The summed E-state index contributed by atoms with van der Waals surface area (Å²) in [6.07, 6.45) is 7.36. The topological polar surface area (TPSA) is 70.2 Å². The first-order valence-corrected chi connectivity index (χ1v) is 7.66. The van der Waals surface area contributed by atoms with Gasteiger partial charge in [-0.05, 0) is 18.8 Å². The predicted octanol–water partition coefficient (Wildman–Crippen LogP) is 1.65. The molecule has 2 rings (SSSR count). The van der Waals surface area contributed by atoms with Gasteiger partial charge in [0.15, 0.2) is 5.82 Å². The zero-order valence-electron chi connectivity index (χ0n) is 12.9. The Morgan fingerprint density at radius 2 is 2.10 bits per heavy atom. The van der Waals surface area contributed by atoms with Crippen LogP contribution in [0.4, 0.5) is 11.5 Å². The van der Waals surface area contributed by atoms with Crippen LogP contribution in [0.5, 0.6) is 0 Å². The smallest absolute Gasteiger partial charge is 0.220 e. The molecule has 6 nitrogen and oxygen atoms in total. The Morgan fingerprint density at radius 3 is 2.81 bits per heavy atom. The second-order valence-corrected chi connectivity index (χ2v) is 5.82. The van der Waals surface area contributed by atoms with Crippen molar-refractivity contribution < 1.29 is 4.79 Å². The zero-order valence-corrected chi connectivity index (χ0v) is 12.9. The van der Waals surface area contributed by atoms with Crippen LogP contribution in [0.15, 0.2) is 12.3 Å². The minimum absolute atomic E-state index is 0.164. The number of carbonyl (C=O) groups excluding carboxylic acids is 1. The number of hydrogen-bond acceptors (Lipinski definition) is 5. The first kappa shape index (κ1) is 15.5. The lowest BCUT2D eigenvalue weighted by molar-refractivity contribution is -0.121. The maximum Gasteiger partial charge on any atom is 0.220 e. The van der Waals surface area contributed by atoms with Crippen molar-refractivity contribution >= 4 is 17.4 Å². The van der Waals surface area contributed by atoms with Crippen molar-refractivity contribution in [2.75, 3.05) is 37.4 Å². The molecule has 6 heteroatoms. The van der Waals surface area contributed by atoms with Crippen molar-refractivity contribution in [3.63, 3.8) is 0 Å². The van der Waals surface area contributed by atoms with Gasteiger partial charge in [-0.3, -0.25) is 4.79 Å². The van der Waals surface area contributed by atoms with Gasteiger partial charge in [0.2, 0.25) is 5.91 Å². The van der Waals surface area contributed by atoms with Gasteiger partial charge in [0, 0.05) is 39.7 Å². The van der Waals surface area contributed by atoms with E-state index in [-0.39, 0.29) is 5.91 Å². The fraction of sp³-hybridized carbons (Fsp3) is 0.667. The second-order valence-electron chi connectivity index (χ2n) is 5.82. The molecular weight excluding hydrogens is 266 g/mol. The molecule has 0 unspecified atom stereocenters. The quantitative estimate of drug-likeness (QED) is 0.748. The van der Waals surface area contributed by atoms with Gasteiger partial charge >= 0.3 is 0 Å². The molecule has 0 bridgehead atoms. The van der Waals surface area contributed by atoms with Crippen LogP contribution in [0, 0.1) is 5.92 Å². The van der Waals surface area contributed by atoms with Crippen LogP contribution in [0.3, 0.4) is 0 Å². The molecule has 0 spiro atoms. The van der Waals surface area contributed by atoms with Crippen molar-refractivity contribution in [2.24, 2.45) is 5.92 Å². The Labute approximate surface area is 126 Å². The molecule has 2 N–H and O–H groups in total. The standard InChI is InChI=1S/C15H25N5O/c1-20(2)13-10-14(19-18-11-13)16-7-8-17-15(21)9-12-5-3-4-6-12/h10-12H,3-9H2,1-2H3,(H,16,19)(H,17,21). The van der Waals surface area contributed by atoms with E-state index in [4.69, 9.17) is 0 Å². The SMILES string of the molecule is CN(C)c1cnnc(NCCNC(=O)CC2CCCC2)c1. The molecule has 1 heterocycles. The van der Waals surface area contributed by atoms with Crippen molar-refractivity contribution in [2.45, 2.75) is 32.1 Å². The van der Waals surface area contributed by atoms with Crippen LogP contribution >= 0.6 is 0 Å². The molecule has 1 amide bonds. The van der Waals surface area contributed by atoms with Crippen molar-refractivity contribution in [1.82, 2.24) is 15.5 Å². The molecule has 1 aliphatic rings. The third kappa shape index (κ3) is 5.21. The molecule has 1 aliphatic carbocycles. The van der Waals surface area contributed by atoms with E-state index >= 15 is 0 Å². The van der Waals surface area contributed by atoms with E-state index in [1.54, 1.807) is 6.20 Å². The highest BCUT2D eigenvalue weighted by atomic mass is 16.1. The summed E-state index contributed by atoms with van der Waals surface area (Å²) >= 11 is 0. The molecule has 1 fully saturated rings. The highest BCUT2D eigenvalue weighted by molar-refractivity contribution is 5.76. The van der Waals surface area contributed by atoms with Gasteiger partial charge in [-0.2, -0.15) is 5.10 Å². The van der Waals surface area contributed by atoms with Crippen molar-refractivity contribution in [3.8, 4) is 0 Å².